The first-order valence-corrected chi connectivity index (χ1v) is 14.0. The van der Waals surface area contributed by atoms with E-state index in [-0.39, 0.29) is 23.7 Å². The number of aryl methyl sites for hydroxylation is 1. The highest BCUT2D eigenvalue weighted by atomic mass is 32.1. The molecule has 2 aliphatic rings. The Morgan fingerprint density at radius 2 is 1.93 bits per heavy atom. The van der Waals surface area contributed by atoms with E-state index >= 15 is 0 Å². The van der Waals surface area contributed by atoms with Crippen LogP contribution in [0.15, 0.2) is 66.7 Å². The van der Waals surface area contributed by atoms with Gasteiger partial charge >= 0.3 is 0 Å². The van der Waals surface area contributed by atoms with Crippen LogP contribution in [0.1, 0.15) is 44.1 Å². The largest absolute Gasteiger partial charge is 0.319 e. The molecule has 1 fully saturated rings. The third-order valence-corrected chi connectivity index (χ3v) is 8.61. The van der Waals surface area contributed by atoms with Crippen LogP contribution in [0.5, 0.6) is 0 Å². The molecular formula is C31H26FN5O2S. The Morgan fingerprint density at radius 3 is 2.75 bits per heavy atom. The van der Waals surface area contributed by atoms with Crippen molar-refractivity contribution in [1.29, 1.82) is 0 Å². The third-order valence-electron chi connectivity index (χ3n) is 7.40. The van der Waals surface area contributed by atoms with Gasteiger partial charge in [0.1, 0.15) is 17.3 Å². The van der Waals surface area contributed by atoms with E-state index in [0.717, 1.165) is 41.1 Å². The van der Waals surface area contributed by atoms with Crippen LogP contribution in [0.4, 0.5) is 21.6 Å². The van der Waals surface area contributed by atoms with Crippen molar-refractivity contribution in [2.24, 2.45) is 0 Å². The van der Waals surface area contributed by atoms with Gasteiger partial charge in [-0.2, -0.15) is 0 Å². The fraction of sp³-hybridized carbons (Fsp3) is 0.226. The Bertz CT molecular complexity index is 1660. The molecule has 2 aliphatic heterocycles. The van der Waals surface area contributed by atoms with E-state index in [9.17, 15) is 14.0 Å². The zero-order chi connectivity index (χ0) is 27.8. The lowest BCUT2D eigenvalue weighted by Gasteiger charge is -2.23. The highest BCUT2D eigenvalue weighted by Gasteiger charge is 2.32. The van der Waals surface area contributed by atoms with Crippen LogP contribution in [0.25, 0.3) is 15.3 Å². The number of nitrogens with zero attached hydrogens (tertiary/aromatic N) is 4. The van der Waals surface area contributed by atoms with Crippen molar-refractivity contribution in [3.05, 3.63) is 106 Å². The van der Waals surface area contributed by atoms with Crippen LogP contribution in [0.3, 0.4) is 0 Å². The van der Waals surface area contributed by atoms with Gasteiger partial charge in [0.05, 0.1) is 16.3 Å². The van der Waals surface area contributed by atoms with Gasteiger partial charge in [-0.1, -0.05) is 36.4 Å². The minimum absolute atomic E-state index is 0.180. The van der Waals surface area contributed by atoms with Gasteiger partial charge in [0, 0.05) is 30.0 Å². The Balaban J connectivity index is 1.30. The van der Waals surface area contributed by atoms with Crippen LogP contribution in [-0.2, 0) is 6.42 Å². The maximum atomic E-state index is 14.3. The zero-order valence-electron chi connectivity index (χ0n) is 21.9. The van der Waals surface area contributed by atoms with E-state index in [1.165, 1.54) is 17.4 Å². The highest BCUT2D eigenvalue weighted by Crippen LogP contribution is 2.42. The number of fused-ring (bicyclic) bond motifs is 3. The van der Waals surface area contributed by atoms with Crippen LogP contribution < -0.4 is 15.1 Å². The quantitative estimate of drug-likeness (QED) is 0.292. The molecule has 40 heavy (non-hydrogen) atoms. The van der Waals surface area contributed by atoms with Gasteiger partial charge in [-0.15, -0.1) is 11.3 Å². The molecule has 0 aliphatic carbocycles. The number of hydrogen-bond donors (Lipinski definition) is 1. The molecule has 2 amide bonds. The summed E-state index contributed by atoms with van der Waals surface area (Å²) in [6, 6.07) is 19.6. The lowest BCUT2D eigenvalue weighted by atomic mass is 10.1. The number of carbonyl (C=O) groups is 2. The summed E-state index contributed by atoms with van der Waals surface area (Å²) in [7, 11) is 0. The minimum Gasteiger partial charge on any atom is -0.319 e. The van der Waals surface area contributed by atoms with Gasteiger partial charge in [0.15, 0.2) is 0 Å². The fourth-order valence-electron chi connectivity index (χ4n) is 5.38. The van der Waals surface area contributed by atoms with Crippen molar-refractivity contribution in [2.75, 3.05) is 28.2 Å². The van der Waals surface area contributed by atoms with E-state index in [1.807, 2.05) is 47.4 Å². The molecule has 1 saturated heterocycles. The molecular weight excluding hydrogens is 525 g/mol. The molecule has 4 aromatic rings. The molecule has 2 aromatic carbocycles. The standard InChI is InChI=1S/C31H26FN5O2S/c1-19-8-5-10-22(32)28(19)35-30(38)25-18-20-15-17-36(24-12-4-3-9-21(24)29(20)40-25)31(39)23-11-6-13-27(34-23)37-16-7-14-26(37)33-2/h3-6,8-13,18,26H,7,14-17H2,1H3,(H,35,38)/t26-/m1/s1. The van der Waals surface area contributed by atoms with Crippen molar-refractivity contribution >= 4 is 40.3 Å². The number of anilines is 3. The molecule has 9 heteroatoms. The number of para-hydroxylation sites is 2. The Kier molecular flexibility index (Phi) is 6.78. The normalized spacial score (nSPS) is 16.1. The molecule has 1 N–H and O–H groups in total. The molecule has 6 rings (SSSR count). The number of carbonyl (C=O) groups excluding carboxylic acids is 2. The Labute approximate surface area is 235 Å². The summed E-state index contributed by atoms with van der Waals surface area (Å²) < 4.78 is 14.3. The second-order valence-electron chi connectivity index (χ2n) is 9.90. The molecule has 0 bridgehead atoms. The molecule has 1 atom stereocenters. The van der Waals surface area contributed by atoms with Gasteiger partial charge in [-0.25, -0.2) is 15.9 Å². The second-order valence-corrected chi connectivity index (χ2v) is 11.0. The van der Waals surface area contributed by atoms with E-state index in [4.69, 9.17) is 6.57 Å². The predicted molar refractivity (Wildman–Crippen MR) is 155 cm³/mol. The topological polar surface area (TPSA) is 69.9 Å². The maximum absolute atomic E-state index is 14.3. The smallest absolute Gasteiger partial charge is 0.299 e. The Hall–Kier alpha value is -4.55. The van der Waals surface area contributed by atoms with Gasteiger partial charge in [-0.05, 0) is 61.2 Å². The van der Waals surface area contributed by atoms with Crippen LogP contribution in [-0.4, -0.2) is 36.1 Å². The summed E-state index contributed by atoms with van der Waals surface area (Å²) in [4.78, 5) is 40.4. The summed E-state index contributed by atoms with van der Waals surface area (Å²) in [6.45, 7) is 10.4. The van der Waals surface area contributed by atoms with Crippen molar-refractivity contribution < 1.29 is 14.0 Å². The van der Waals surface area contributed by atoms with E-state index < -0.39 is 5.82 Å². The minimum atomic E-state index is -0.474. The van der Waals surface area contributed by atoms with E-state index in [2.05, 4.69) is 15.1 Å². The SMILES string of the molecule is [C-]#[N+][C@H]1CCCN1c1cccc(C(=O)N2CCc3cc(C(=O)Nc4c(C)cccc4F)sc3-c3ccccc32)n1. The van der Waals surface area contributed by atoms with E-state index in [0.29, 0.717) is 34.9 Å². The van der Waals surface area contributed by atoms with Gasteiger partial charge in [0.2, 0.25) is 0 Å². The highest BCUT2D eigenvalue weighted by molar-refractivity contribution is 7.17. The lowest BCUT2D eigenvalue weighted by molar-refractivity contribution is 0.0981. The second kappa shape index (κ2) is 10.5. The number of halogens is 1. The molecule has 0 saturated carbocycles. The molecule has 4 heterocycles. The monoisotopic (exact) mass is 551 g/mol. The lowest BCUT2D eigenvalue weighted by Crippen LogP contribution is -2.34. The van der Waals surface area contributed by atoms with Gasteiger partial charge < -0.3 is 10.2 Å². The number of hydrogen-bond acceptors (Lipinski definition) is 5. The molecule has 200 valence electrons. The first-order valence-electron chi connectivity index (χ1n) is 13.2. The average molecular weight is 552 g/mol. The van der Waals surface area contributed by atoms with Crippen molar-refractivity contribution in [3.8, 4) is 10.4 Å². The number of amides is 2. The first kappa shape index (κ1) is 25.7. The van der Waals surface area contributed by atoms with Crippen molar-refractivity contribution in [1.82, 2.24) is 4.98 Å². The third kappa shape index (κ3) is 4.61. The average Bonchev–Trinajstić information content (AvgIpc) is 3.60. The molecule has 0 radical (unpaired) electrons. The maximum Gasteiger partial charge on any atom is 0.299 e. The summed E-state index contributed by atoms with van der Waals surface area (Å²) in [5.41, 5.74) is 3.73. The summed E-state index contributed by atoms with van der Waals surface area (Å²) in [5, 5.41) is 2.73. The number of benzene rings is 2. The first-order chi connectivity index (χ1) is 19.4. The summed E-state index contributed by atoms with van der Waals surface area (Å²) in [5.74, 6) is -0.404. The van der Waals surface area contributed by atoms with Crippen molar-refractivity contribution in [2.45, 2.75) is 32.4 Å². The van der Waals surface area contributed by atoms with E-state index in [1.54, 1.807) is 30.0 Å². The summed E-state index contributed by atoms with van der Waals surface area (Å²) >= 11 is 1.34. The number of pyridine rings is 1. The van der Waals surface area contributed by atoms with Crippen LogP contribution >= 0.6 is 11.3 Å². The van der Waals surface area contributed by atoms with Crippen LogP contribution in [0.2, 0.25) is 0 Å². The number of nitrogens with one attached hydrogen (secondary N) is 1. The molecule has 2 aromatic heterocycles. The predicted octanol–water partition coefficient (Wildman–Crippen LogP) is 6.56. The number of aromatic nitrogens is 1. The van der Waals surface area contributed by atoms with Gasteiger partial charge in [0.25, 0.3) is 18.0 Å². The zero-order valence-corrected chi connectivity index (χ0v) is 22.7. The molecule has 0 unspecified atom stereocenters. The molecule has 7 nitrogen and oxygen atoms in total. The van der Waals surface area contributed by atoms with Crippen LogP contribution in [0, 0.1) is 19.3 Å². The number of rotatable bonds is 4. The Morgan fingerprint density at radius 1 is 1.10 bits per heavy atom. The fourth-order valence-corrected chi connectivity index (χ4v) is 6.51. The molecule has 0 spiro atoms. The van der Waals surface area contributed by atoms with Gasteiger partial charge in [-0.3, -0.25) is 19.3 Å². The summed E-state index contributed by atoms with van der Waals surface area (Å²) in [6.07, 6.45) is 2.02. The van der Waals surface area contributed by atoms with Crippen molar-refractivity contribution in [3.63, 3.8) is 0 Å². The number of thiophene rings is 1.